The van der Waals surface area contributed by atoms with Crippen LogP contribution in [0.4, 0.5) is 0 Å². The van der Waals surface area contributed by atoms with Gasteiger partial charge in [-0.15, -0.1) is 0 Å². The van der Waals surface area contributed by atoms with E-state index in [1.165, 1.54) is 16.7 Å². The quantitative estimate of drug-likeness (QED) is 0.685. The van der Waals surface area contributed by atoms with E-state index in [9.17, 15) is 0 Å². The molecule has 2 aromatic carbocycles. The zero-order valence-corrected chi connectivity index (χ0v) is 14.5. The van der Waals surface area contributed by atoms with E-state index in [0.29, 0.717) is 12.0 Å². The third-order valence-electron chi connectivity index (χ3n) is 4.67. The highest BCUT2D eigenvalue weighted by atomic mass is 16.3. The predicted molar refractivity (Wildman–Crippen MR) is 98.0 cm³/mol. The molecule has 2 N–H and O–H groups in total. The van der Waals surface area contributed by atoms with Gasteiger partial charge in [0.05, 0.1) is 12.8 Å². The molecule has 0 saturated heterocycles. The summed E-state index contributed by atoms with van der Waals surface area (Å²) in [6, 6.07) is 24.0. The van der Waals surface area contributed by atoms with E-state index in [2.05, 4.69) is 79.8 Å². The molecule has 0 amide bonds. The van der Waals surface area contributed by atoms with Crippen molar-refractivity contribution < 1.29 is 9.73 Å². The number of furan rings is 1. The summed E-state index contributed by atoms with van der Waals surface area (Å²) in [6.45, 7) is 5.46. The first-order valence-corrected chi connectivity index (χ1v) is 8.72. The number of rotatable bonds is 7. The van der Waals surface area contributed by atoms with Gasteiger partial charge in [0.2, 0.25) is 0 Å². The Morgan fingerprint density at radius 1 is 0.875 bits per heavy atom. The third-order valence-corrected chi connectivity index (χ3v) is 4.67. The van der Waals surface area contributed by atoms with E-state index in [1.54, 1.807) is 6.26 Å². The molecule has 0 radical (unpaired) electrons. The van der Waals surface area contributed by atoms with Crippen LogP contribution in [0.15, 0.2) is 77.4 Å². The lowest BCUT2D eigenvalue weighted by molar-refractivity contribution is -0.693. The van der Waals surface area contributed by atoms with E-state index < -0.39 is 0 Å². The number of quaternary nitrogens is 1. The maximum absolute atomic E-state index is 5.71. The topological polar surface area (TPSA) is 29.8 Å². The first-order chi connectivity index (χ1) is 11.7. The zero-order valence-electron chi connectivity index (χ0n) is 14.5. The van der Waals surface area contributed by atoms with Crippen molar-refractivity contribution in [3.05, 3.63) is 95.4 Å². The lowest BCUT2D eigenvalue weighted by Gasteiger charge is -2.17. The molecule has 2 heteroatoms. The van der Waals surface area contributed by atoms with Gasteiger partial charge in [-0.05, 0) is 31.5 Å². The molecule has 0 saturated carbocycles. The molecule has 24 heavy (non-hydrogen) atoms. The fraction of sp³-hybridized carbons (Fsp3) is 0.273. The van der Waals surface area contributed by atoms with Crippen LogP contribution in [0.5, 0.6) is 0 Å². The highest BCUT2D eigenvalue weighted by molar-refractivity contribution is 5.29. The SMILES string of the molecule is Cc1ccc([C@@H](CC[NH2+][C@@H](C)c2ccccc2)c2ccco2)cc1. The van der Waals surface area contributed by atoms with Crippen LogP contribution >= 0.6 is 0 Å². The second kappa shape index (κ2) is 7.98. The van der Waals surface area contributed by atoms with Crippen molar-refractivity contribution in [3.63, 3.8) is 0 Å². The Balaban J connectivity index is 1.66. The van der Waals surface area contributed by atoms with E-state index in [-0.39, 0.29) is 0 Å². The molecule has 0 aliphatic heterocycles. The molecule has 1 aromatic heterocycles. The van der Waals surface area contributed by atoms with Gasteiger partial charge in [-0.25, -0.2) is 0 Å². The predicted octanol–water partition coefficient (Wildman–Crippen LogP) is 4.43. The molecule has 3 aromatic rings. The lowest BCUT2D eigenvalue weighted by atomic mass is 9.92. The molecule has 124 valence electrons. The minimum Gasteiger partial charge on any atom is -0.469 e. The lowest BCUT2D eigenvalue weighted by Crippen LogP contribution is -2.84. The molecule has 0 unspecified atom stereocenters. The largest absolute Gasteiger partial charge is 0.469 e. The number of benzene rings is 2. The van der Waals surface area contributed by atoms with Gasteiger partial charge in [-0.3, -0.25) is 0 Å². The average molecular weight is 320 g/mol. The molecule has 0 fully saturated rings. The van der Waals surface area contributed by atoms with Crippen LogP contribution in [-0.4, -0.2) is 6.54 Å². The van der Waals surface area contributed by atoms with Crippen molar-refractivity contribution in [1.29, 1.82) is 0 Å². The van der Waals surface area contributed by atoms with Gasteiger partial charge in [0, 0.05) is 17.9 Å². The summed E-state index contributed by atoms with van der Waals surface area (Å²) < 4.78 is 5.71. The Morgan fingerprint density at radius 2 is 1.62 bits per heavy atom. The summed E-state index contributed by atoms with van der Waals surface area (Å²) in [5, 5.41) is 2.42. The number of nitrogens with two attached hydrogens (primary N) is 1. The van der Waals surface area contributed by atoms with Crippen molar-refractivity contribution in [2.75, 3.05) is 6.54 Å². The maximum atomic E-state index is 5.71. The van der Waals surface area contributed by atoms with E-state index >= 15 is 0 Å². The van der Waals surface area contributed by atoms with Crippen molar-refractivity contribution in [2.24, 2.45) is 0 Å². The minimum absolute atomic E-state index is 0.319. The molecule has 2 atom stereocenters. The van der Waals surface area contributed by atoms with Crippen LogP contribution in [0.3, 0.4) is 0 Å². The summed E-state index contributed by atoms with van der Waals surface area (Å²) in [7, 11) is 0. The maximum Gasteiger partial charge on any atom is 0.111 e. The van der Waals surface area contributed by atoms with Crippen molar-refractivity contribution in [2.45, 2.75) is 32.2 Å². The van der Waals surface area contributed by atoms with Gasteiger partial charge < -0.3 is 9.73 Å². The minimum atomic E-state index is 0.319. The monoisotopic (exact) mass is 320 g/mol. The first-order valence-electron chi connectivity index (χ1n) is 8.72. The van der Waals surface area contributed by atoms with Gasteiger partial charge in [0.1, 0.15) is 11.8 Å². The van der Waals surface area contributed by atoms with Crippen LogP contribution in [-0.2, 0) is 0 Å². The zero-order chi connectivity index (χ0) is 16.8. The molecule has 2 nitrogen and oxygen atoms in total. The van der Waals surface area contributed by atoms with Crippen LogP contribution in [0.25, 0.3) is 0 Å². The summed E-state index contributed by atoms with van der Waals surface area (Å²) in [5.41, 5.74) is 4.00. The summed E-state index contributed by atoms with van der Waals surface area (Å²) in [6.07, 6.45) is 2.83. The molecule has 0 bridgehead atoms. The Bertz CT molecular complexity index is 716. The van der Waals surface area contributed by atoms with Crippen LogP contribution < -0.4 is 5.32 Å². The van der Waals surface area contributed by atoms with Gasteiger partial charge in [0.15, 0.2) is 0 Å². The Morgan fingerprint density at radius 3 is 2.29 bits per heavy atom. The molecule has 3 rings (SSSR count). The molecular formula is C22H26NO+. The highest BCUT2D eigenvalue weighted by Gasteiger charge is 2.18. The van der Waals surface area contributed by atoms with E-state index in [1.807, 2.05) is 6.07 Å². The number of hydrogen-bond acceptors (Lipinski definition) is 1. The second-order valence-corrected chi connectivity index (χ2v) is 6.49. The summed E-state index contributed by atoms with van der Waals surface area (Å²) in [4.78, 5) is 0. The average Bonchev–Trinajstić information content (AvgIpc) is 3.15. The second-order valence-electron chi connectivity index (χ2n) is 6.49. The summed E-state index contributed by atoms with van der Waals surface area (Å²) >= 11 is 0. The number of hydrogen-bond donors (Lipinski definition) is 1. The van der Waals surface area contributed by atoms with Crippen molar-refractivity contribution >= 4 is 0 Å². The normalized spacial score (nSPS) is 13.6. The van der Waals surface area contributed by atoms with E-state index in [4.69, 9.17) is 4.42 Å². The Labute approximate surface area is 144 Å². The highest BCUT2D eigenvalue weighted by Crippen LogP contribution is 2.28. The Kier molecular flexibility index (Phi) is 5.50. The fourth-order valence-electron chi connectivity index (χ4n) is 3.17. The first kappa shape index (κ1) is 16.5. The standard InChI is InChI=1S/C22H25NO/c1-17-10-12-20(13-11-17)21(22-9-6-16-24-22)14-15-23-18(2)19-7-4-3-5-8-19/h3-13,16,18,21,23H,14-15H2,1-2H3/p+1/t18-,21+/m0/s1. The van der Waals surface area contributed by atoms with Gasteiger partial charge in [-0.2, -0.15) is 0 Å². The van der Waals surface area contributed by atoms with Gasteiger partial charge in [0.25, 0.3) is 0 Å². The van der Waals surface area contributed by atoms with Gasteiger partial charge in [-0.1, -0.05) is 60.2 Å². The smallest absolute Gasteiger partial charge is 0.111 e. The molecule has 0 aliphatic carbocycles. The van der Waals surface area contributed by atoms with Crippen LogP contribution in [0, 0.1) is 6.92 Å². The van der Waals surface area contributed by atoms with Crippen LogP contribution in [0.1, 0.15) is 47.8 Å². The molecular weight excluding hydrogens is 294 g/mol. The number of aryl methyl sites for hydroxylation is 1. The van der Waals surface area contributed by atoms with Crippen molar-refractivity contribution in [3.8, 4) is 0 Å². The fourth-order valence-corrected chi connectivity index (χ4v) is 3.17. The summed E-state index contributed by atoms with van der Waals surface area (Å²) in [5.74, 6) is 1.37. The third kappa shape index (κ3) is 4.15. The van der Waals surface area contributed by atoms with E-state index in [0.717, 1.165) is 18.7 Å². The van der Waals surface area contributed by atoms with Crippen LogP contribution in [0.2, 0.25) is 0 Å². The molecule has 0 aliphatic rings. The van der Waals surface area contributed by atoms with Gasteiger partial charge >= 0.3 is 0 Å². The van der Waals surface area contributed by atoms with Crippen molar-refractivity contribution in [1.82, 2.24) is 0 Å². The molecule has 1 heterocycles. The Hall–Kier alpha value is -2.32. The molecule has 0 spiro atoms.